The largest absolute Gasteiger partial charge is 0.330 e. The third-order valence-electron chi connectivity index (χ3n) is 3.48. The Morgan fingerprint density at radius 1 is 1.20 bits per heavy atom. The van der Waals surface area contributed by atoms with E-state index in [1.807, 2.05) is 12.4 Å². The van der Waals surface area contributed by atoms with Gasteiger partial charge in [-0.1, -0.05) is 24.3 Å². The normalized spacial score (nSPS) is 17.9. The molecule has 0 radical (unpaired) electrons. The van der Waals surface area contributed by atoms with Gasteiger partial charge < -0.3 is 5.73 Å². The van der Waals surface area contributed by atoms with Gasteiger partial charge in [0.25, 0.3) is 0 Å². The van der Waals surface area contributed by atoms with Gasteiger partial charge in [0, 0.05) is 29.7 Å². The number of nitrogens with two attached hydrogens (primary N) is 1. The minimum absolute atomic E-state index is 0.230. The first-order chi connectivity index (χ1) is 7.36. The zero-order valence-corrected chi connectivity index (χ0v) is 8.61. The fourth-order valence-electron chi connectivity index (χ4n) is 2.27. The first kappa shape index (κ1) is 8.86. The van der Waals surface area contributed by atoms with Crippen molar-refractivity contribution in [3.05, 3.63) is 42.2 Å². The molecule has 1 aromatic heterocycles. The molecule has 2 N–H and O–H groups in total. The van der Waals surface area contributed by atoms with E-state index in [9.17, 15) is 0 Å². The van der Waals surface area contributed by atoms with Gasteiger partial charge in [-0.3, -0.25) is 4.98 Å². The summed E-state index contributed by atoms with van der Waals surface area (Å²) >= 11 is 0. The van der Waals surface area contributed by atoms with E-state index in [0.717, 1.165) is 6.54 Å². The van der Waals surface area contributed by atoms with Crippen molar-refractivity contribution in [1.82, 2.24) is 4.98 Å². The highest BCUT2D eigenvalue weighted by Crippen LogP contribution is 2.48. The van der Waals surface area contributed by atoms with Crippen molar-refractivity contribution in [2.24, 2.45) is 5.73 Å². The smallest absolute Gasteiger partial charge is 0.0346 e. The van der Waals surface area contributed by atoms with Gasteiger partial charge in [-0.15, -0.1) is 0 Å². The fourth-order valence-corrected chi connectivity index (χ4v) is 2.27. The molecule has 2 aromatic rings. The summed E-state index contributed by atoms with van der Waals surface area (Å²) in [5, 5.41) is 2.53. The van der Waals surface area contributed by atoms with Gasteiger partial charge in [-0.05, 0) is 23.8 Å². The maximum Gasteiger partial charge on any atom is 0.0346 e. The van der Waals surface area contributed by atoms with Crippen molar-refractivity contribution in [1.29, 1.82) is 0 Å². The standard InChI is InChI=1S/C13H14N2/c14-9-13(5-6-13)12-8-15-7-10-3-1-2-4-11(10)12/h1-4,7-8H,5-6,9,14H2. The van der Waals surface area contributed by atoms with Crippen molar-refractivity contribution in [2.75, 3.05) is 6.54 Å². The summed E-state index contributed by atoms with van der Waals surface area (Å²) in [5.74, 6) is 0. The maximum absolute atomic E-state index is 5.86. The summed E-state index contributed by atoms with van der Waals surface area (Å²) < 4.78 is 0. The van der Waals surface area contributed by atoms with Crippen LogP contribution in [0.2, 0.25) is 0 Å². The van der Waals surface area contributed by atoms with Crippen LogP contribution in [-0.4, -0.2) is 11.5 Å². The molecule has 1 aliphatic carbocycles. The molecule has 3 rings (SSSR count). The highest BCUT2D eigenvalue weighted by molar-refractivity contribution is 5.86. The lowest BCUT2D eigenvalue weighted by atomic mass is 9.93. The molecule has 1 aromatic carbocycles. The number of nitrogens with zero attached hydrogens (tertiary/aromatic N) is 1. The van der Waals surface area contributed by atoms with E-state index in [2.05, 4.69) is 29.2 Å². The number of hydrogen-bond acceptors (Lipinski definition) is 2. The van der Waals surface area contributed by atoms with Crippen LogP contribution in [0, 0.1) is 0 Å². The number of hydrogen-bond donors (Lipinski definition) is 1. The summed E-state index contributed by atoms with van der Waals surface area (Å²) in [6.07, 6.45) is 6.33. The molecule has 15 heavy (non-hydrogen) atoms. The molecule has 76 valence electrons. The number of fused-ring (bicyclic) bond motifs is 1. The maximum atomic E-state index is 5.86. The zero-order valence-electron chi connectivity index (χ0n) is 8.61. The molecular weight excluding hydrogens is 184 g/mol. The molecule has 2 nitrogen and oxygen atoms in total. The molecule has 1 aliphatic rings. The number of aromatic nitrogens is 1. The van der Waals surface area contributed by atoms with Crippen LogP contribution in [0.4, 0.5) is 0 Å². The molecular formula is C13H14N2. The van der Waals surface area contributed by atoms with E-state index in [4.69, 9.17) is 5.73 Å². The van der Waals surface area contributed by atoms with E-state index in [1.165, 1.54) is 29.2 Å². The highest BCUT2D eigenvalue weighted by Gasteiger charge is 2.43. The highest BCUT2D eigenvalue weighted by atomic mass is 14.7. The Morgan fingerprint density at radius 3 is 2.73 bits per heavy atom. The van der Waals surface area contributed by atoms with Gasteiger partial charge in [0.15, 0.2) is 0 Å². The fraction of sp³-hybridized carbons (Fsp3) is 0.308. The van der Waals surface area contributed by atoms with E-state index in [0.29, 0.717) is 0 Å². The lowest BCUT2D eigenvalue weighted by molar-refractivity contribution is 0.708. The second-order valence-corrected chi connectivity index (χ2v) is 4.39. The molecule has 0 saturated heterocycles. The molecule has 2 heteroatoms. The predicted molar refractivity (Wildman–Crippen MR) is 61.7 cm³/mol. The van der Waals surface area contributed by atoms with Gasteiger partial charge in [0.2, 0.25) is 0 Å². The van der Waals surface area contributed by atoms with Crippen LogP contribution in [-0.2, 0) is 5.41 Å². The number of pyridine rings is 1. The van der Waals surface area contributed by atoms with E-state index in [-0.39, 0.29) is 5.41 Å². The summed E-state index contributed by atoms with van der Waals surface area (Å²) in [4.78, 5) is 4.31. The Labute approximate surface area is 89.1 Å². The van der Waals surface area contributed by atoms with Crippen LogP contribution in [0.1, 0.15) is 18.4 Å². The average Bonchev–Trinajstić information content (AvgIpc) is 3.09. The van der Waals surface area contributed by atoms with Crippen LogP contribution in [0.15, 0.2) is 36.7 Å². The van der Waals surface area contributed by atoms with Crippen molar-refractivity contribution >= 4 is 10.8 Å². The van der Waals surface area contributed by atoms with Crippen molar-refractivity contribution in [3.63, 3.8) is 0 Å². The summed E-state index contributed by atoms with van der Waals surface area (Å²) in [6, 6.07) is 8.41. The lowest BCUT2D eigenvalue weighted by Crippen LogP contribution is -2.20. The van der Waals surface area contributed by atoms with E-state index < -0.39 is 0 Å². The average molecular weight is 198 g/mol. The molecule has 0 spiro atoms. The number of benzene rings is 1. The van der Waals surface area contributed by atoms with Gasteiger partial charge in [0.05, 0.1) is 0 Å². The summed E-state index contributed by atoms with van der Waals surface area (Å²) in [6.45, 7) is 0.739. The molecule has 0 bridgehead atoms. The van der Waals surface area contributed by atoms with Crippen LogP contribution in [0.25, 0.3) is 10.8 Å². The lowest BCUT2D eigenvalue weighted by Gasteiger charge is -2.14. The van der Waals surface area contributed by atoms with Gasteiger partial charge in [-0.25, -0.2) is 0 Å². The Hall–Kier alpha value is -1.41. The molecule has 0 atom stereocenters. The first-order valence-electron chi connectivity index (χ1n) is 5.39. The molecule has 1 saturated carbocycles. The molecule has 1 heterocycles. The Morgan fingerprint density at radius 2 is 2.00 bits per heavy atom. The molecule has 0 amide bonds. The van der Waals surface area contributed by atoms with Gasteiger partial charge >= 0.3 is 0 Å². The molecule has 0 aliphatic heterocycles. The van der Waals surface area contributed by atoms with Crippen molar-refractivity contribution in [2.45, 2.75) is 18.3 Å². The zero-order chi connectivity index (χ0) is 10.3. The first-order valence-corrected chi connectivity index (χ1v) is 5.39. The third-order valence-corrected chi connectivity index (χ3v) is 3.48. The van der Waals surface area contributed by atoms with Crippen molar-refractivity contribution in [3.8, 4) is 0 Å². The third kappa shape index (κ3) is 1.25. The van der Waals surface area contributed by atoms with Crippen LogP contribution >= 0.6 is 0 Å². The van der Waals surface area contributed by atoms with Crippen molar-refractivity contribution < 1.29 is 0 Å². The second-order valence-electron chi connectivity index (χ2n) is 4.39. The topological polar surface area (TPSA) is 38.9 Å². The molecule has 1 fully saturated rings. The Balaban J connectivity index is 2.27. The van der Waals surface area contributed by atoms with E-state index >= 15 is 0 Å². The molecule has 0 unspecified atom stereocenters. The van der Waals surface area contributed by atoms with Crippen LogP contribution < -0.4 is 5.73 Å². The van der Waals surface area contributed by atoms with Gasteiger partial charge in [0.1, 0.15) is 0 Å². The Bertz CT molecular complexity index is 495. The second kappa shape index (κ2) is 3.04. The monoisotopic (exact) mass is 198 g/mol. The SMILES string of the molecule is NCC1(c2cncc3ccccc23)CC1. The number of rotatable bonds is 2. The minimum Gasteiger partial charge on any atom is -0.330 e. The predicted octanol–water partition coefficient (Wildman–Crippen LogP) is 2.23. The van der Waals surface area contributed by atoms with Crippen LogP contribution in [0.5, 0.6) is 0 Å². The summed E-state index contributed by atoms with van der Waals surface area (Å²) in [7, 11) is 0. The van der Waals surface area contributed by atoms with Crippen LogP contribution in [0.3, 0.4) is 0 Å². The quantitative estimate of drug-likeness (QED) is 0.803. The minimum atomic E-state index is 0.230. The Kier molecular flexibility index (Phi) is 1.80. The van der Waals surface area contributed by atoms with Gasteiger partial charge in [-0.2, -0.15) is 0 Å². The van der Waals surface area contributed by atoms with E-state index in [1.54, 1.807) is 0 Å². The summed E-state index contributed by atoms with van der Waals surface area (Å²) in [5.41, 5.74) is 7.43.